The lowest BCUT2D eigenvalue weighted by Gasteiger charge is -2.15. The molecular weight excluding hydrogens is 442 g/mol. The molecule has 0 unspecified atom stereocenters. The normalized spacial score (nSPS) is 10.8. The van der Waals surface area contributed by atoms with Gasteiger partial charge in [0, 0.05) is 23.7 Å². The van der Waals surface area contributed by atoms with E-state index in [0.717, 1.165) is 12.1 Å². The molecule has 0 radical (unpaired) electrons. The largest absolute Gasteiger partial charge is 0.325 e. The number of halogens is 2. The van der Waals surface area contributed by atoms with Crippen molar-refractivity contribution < 1.29 is 18.4 Å². The Morgan fingerprint density at radius 3 is 2.32 bits per heavy atom. The van der Waals surface area contributed by atoms with E-state index in [1.807, 2.05) is 0 Å². The predicted molar refractivity (Wildman–Crippen MR) is 125 cm³/mol. The maximum Gasteiger partial charge on any atom is 0.278 e. The third kappa shape index (κ3) is 4.83. The zero-order valence-electron chi connectivity index (χ0n) is 18.1. The van der Waals surface area contributed by atoms with E-state index in [-0.39, 0.29) is 23.7 Å². The minimum Gasteiger partial charge on any atom is -0.325 e. The summed E-state index contributed by atoms with van der Waals surface area (Å²) in [5.74, 6) is -2.55. The first-order chi connectivity index (χ1) is 16.4. The Labute approximate surface area is 193 Å². The first-order valence-corrected chi connectivity index (χ1v) is 10.5. The fraction of sp³-hybridized carbons (Fsp3) is 0.120. The molecule has 172 valence electrons. The summed E-state index contributed by atoms with van der Waals surface area (Å²) in [7, 11) is 0. The van der Waals surface area contributed by atoms with Gasteiger partial charge in [-0.05, 0) is 30.3 Å². The van der Waals surface area contributed by atoms with Crippen LogP contribution in [-0.2, 0) is 16.1 Å². The number of anilines is 2. The zero-order valence-corrected chi connectivity index (χ0v) is 18.1. The molecule has 9 heteroatoms. The summed E-state index contributed by atoms with van der Waals surface area (Å²) in [6.07, 6.45) is 0.255. The van der Waals surface area contributed by atoms with Gasteiger partial charge >= 0.3 is 0 Å². The van der Waals surface area contributed by atoms with Crippen LogP contribution in [0, 0.1) is 11.6 Å². The number of hydrogen-bond acceptors (Lipinski definition) is 4. The molecule has 1 heterocycles. The highest BCUT2D eigenvalue weighted by Gasteiger charge is 2.18. The van der Waals surface area contributed by atoms with Crippen LogP contribution >= 0.6 is 0 Å². The van der Waals surface area contributed by atoms with Crippen LogP contribution in [0.3, 0.4) is 0 Å². The molecule has 0 aliphatic heterocycles. The molecule has 0 aliphatic carbocycles. The number of aromatic nitrogens is 2. The Morgan fingerprint density at radius 1 is 0.912 bits per heavy atom. The first kappa shape index (κ1) is 22.8. The van der Waals surface area contributed by atoms with E-state index in [4.69, 9.17) is 0 Å². The second kappa shape index (κ2) is 9.62. The Balaban J connectivity index is 1.78. The van der Waals surface area contributed by atoms with Crippen molar-refractivity contribution in [3.63, 3.8) is 0 Å². The van der Waals surface area contributed by atoms with Crippen molar-refractivity contribution in [2.45, 2.75) is 19.9 Å². The van der Waals surface area contributed by atoms with Crippen LogP contribution in [0.2, 0.25) is 0 Å². The standard InChI is InChI=1S/C25H20F2N4O3/c1-2-22(32)29-19-8-4-3-7-18(19)24-25(34)31(21-10-6-5-9-20(21)30-24)14-23(33)28-17-12-15(26)11-16(27)13-17/h3-13H,2,14H2,1H3,(H,28,33)(H,29,32). The Hall–Kier alpha value is -4.40. The van der Waals surface area contributed by atoms with Crippen LogP contribution in [0.5, 0.6) is 0 Å². The lowest BCUT2D eigenvalue weighted by molar-refractivity contribution is -0.117. The van der Waals surface area contributed by atoms with Crippen LogP contribution in [0.25, 0.3) is 22.3 Å². The molecule has 1 aromatic heterocycles. The number of nitrogens with zero attached hydrogens (tertiary/aromatic N) is 2. The van der Waals surface area contributed by atoms with Gasteiger partial charge in [0.05, 0.1) is 16.7 Å². The van der Waals surface area contributed by atoms with Crippen molar-refractivity contribution in [1.29, 1.82) is 0 Å². The van der Waals surface area contributed by atoms with E-state index < -0.39 is 29.6 Å². The average molecular weight is 462 g/mol. The summed E-state index contributed by atoms with van der Waals surface area (Å²) in [5.41, 5.74) is 1.11. The monoisotopic (exact) mass is 462 g/mol. The van der Waals surface area contributed by atoms with Gasteiger partial charge in [0.15, 0.2) is 0 Å². The van der Waals surface area contributed by atoms with Gasteiger partial charge in [0.2, 0.25) is 11.8 Å². The topological polar surface area (TPSA) is 93.1 Å². The van der Waals surface area contributed by atoms with Crippen LogP contribution < -0.4 is 16.2 Å². The molecule has 0 atom stereocenters. The van der Waals surface area contributed by atoms with Gasteiger partial charge < -0.3 is 10.6 Å². The van der Waals surface area contributed by atoms with Gasteiger partial charge in [-0.2, -0.15) is 0 Å². The molecule has 7 nitrogen and oxygen atoms in total. The van der Waals surface area contributed by atoms with E-state index in [0.29, 0.717) is 28.4 Å². The molecule has 0 aliphatic rings. The van der Waals surface area contributed by atoms with Crippen molar-refractivity contribution in [3.05, 3.63) is 88.7 Å². The SMILES string of the molecule is CCC(=O)Nc1ccccc1-c1nc2ccccc2n(CC(=O)Nc2cc(F)cc(F)c2)c1=O. The predicted octanol–water partition coefficient (Wildman–Crippen LogP) is 4.33. The highest BCUT2D eigenvalue weighted by atomic mass is 19.1. The molecule has 0 spiro atoms. The molecule has 2 N–H and O–H groups in total. The van der Waals surface area contributed by atoms with Crippen LogP contribution in [-0.4, -0.2) is 21.4 Å². The van der Waals surface area contributed by atoms with Gasteiger partial charge in [-0.1, -0.05) is 37.3 Å². The third-order valence-electron chi connectivity index (χ3n) is 5.08. The second-order valence-electron chi connectivity index (χ2n) is 7.49. The van der Waals surface area contributed by atoms with Crippen molar-refractivity contribution >= 4 is 34.2 Å². The minimum atomic E-state index is -0.838. The highest BCUT2D eigenvalue weighted by molar-refractivity contribution is 5.95. The number of benzene rings is 3. The molecule has 0 saturated carbocycles. The number of para-hydroxylation sites is 3. The highest BCUT2D eigenvalue weighted by Crippen LogP contribution is 2.26. The number of rotatable bonds is 6. The Bertz CT molecular complexity index is 1450. The van der Waals surface area contributed by atoms with Gasteiger partial charge in [-0.25, -0.2) is 13.8 Å². The molecule has 4 rings (SSSR count). The molecule has 34 heavy (non-hydrogen) atoms. The Morgan fingerprint density at radius 2 is 1.59 bits per heavy atom. The fourth-order valence-electron chi connectivity index (χ4n) is 3.53. The van der Waals surface area contributed by atoms with Crippen LogP contribution in [0.4, 0.5) is 20.2 Å². The van der Waals surface area contributed by atoms with Crippen molar-refractivity contribution in [1.82, 2.24) is 9.55 Å². The van der Waals surface area contributed by atoms with Crippen LogP contribution in [0.1, 0.15) is 13.3 Å². The number of carbonyl (C=O) groups is 2. The summed E-state index contributed by atoms with van der Waals surface area (Å²) < 4.78 is 28.2. The minimum absolute atomic E-state index is 0.0512. The maximum atomic E-state index is 13.5. The number of amides is 2. The molecular formula is C25H20F2N4O3. The van der Waals surface area contributed by atoms with E-state index in [1.54, 1.807) is 55.5 Å². The summed E-state index contributed by atoms with van der Waals surface area (Å²) >= 11 is 0. The number of nitrogens with one attached hydrogen (secondary N) is 2. The molecule has 0 bridgehead atoms. The van der Waals surface area contributed by atoms with Crippen molar-refractivity contribution in [2.75, 3.05) is 10.6 Å². The Kier molecular flexibility index (Phi) is 6.44. The molecule has 0 saturated heterocycles. The van der Waals surface area contributed by atoms with Gasteiger partial charge in [0.1, 0.15) is 23.9 Å². The molecule has 0 fully saturated rings. The number of hydrogen-bond donors (Lipinski definition) is 2. The van der Waals surface area contributed by atoms with E-state index >= 15 is 0 Å². The van der Waals surface area contributed by atoms with Gasteiger partial charge in [-0.3, -0.25) is 19.0 Å². The third-order valence-corrected chi connectivity index (χ3v) is 5.08. The molecule has 2 amide bonds. The summed E-state index contributed by atoms with van der Waals surface area (Å²) in [5, 5.41) is 5.17. The lowest BCUT2D eigenvalue weighted by Crippen LogP contribution is -2.30. The summed E-state index contributed by atoms with van der Waals surface area (Å²) in [6, 6.07) is 16.2. The van der Waals surface area contributed by atoms with E-state index in [1.165, 1.54) is 4.57 Å². The lowest BCUT2D eigenvalue weighted by atomic mass is 10.1. The van der Waals surface area contributed by atoms with E-state index in [2.05, 4.69) is 15.6 Å². The summed E-state index contributed by atoms with van der Waals surface area (Å²) in [4.78, 5) is 42.7. The van der Waals surface area contributed by atoms with Gasteiger partial charge in [-0.15, -0.1) is 0 Å². The van der Waals surface area contributed by atoms with E-state index in [9.17, 15) is 23.2 Å². The average Bonchev–Trinajstić information content (AvgIpc) is 2.80. The second-order valence-corrected chi connectivity index (χ2v) is 7.49. The molecule has 3 aromatic carbocycles. The van der Waals surface area contributed by atoms with Crippen molar-refractivity contribution in [3.8, 4) is 11.3 Å². The van der Waals surface area contributed by atoms with Crippen LogP contribution in [0.15, 0.2) is 71.5 Å². The fourth-order valence-corrected chi connectivity index (χ4v) is 3.53. The quantitative estimate of drug-likeness (QED) is 0.446. The van der Waals surface area contributed by atoms with Gasteiger partial charge in [0.25, 0.3) is 5.56 Å². The first-order valence-electron chi connectivity index (χ1n) is 10.5. The summed E-state index contributed by atoms with van der Waals surface area (Å²) in [6.45, 7) is 1.29. The maximum absolute atomic E-state index is 13.5. The van der Waals surface area contributed by atoms with Crippen molar-refractivity contribution in [2.24, 2.45) is 0 Å². The zero-order chi connectivity index (χ0) is 24.2. The number of carbonyl (C=O) groups excluding carboxylic acids is 2. The number of fused-ring (bicyclic) bond motifs is 1. The molecule has 4 aromatic rings. The smallest absolute Gasteiger partial charge is 0.278 e.